The number of nitrogens with two attached hydrogens (primary N) is 1. The summed E-state index contributed by atoms with van der Waals surface area (Å²) in [4.78, 5) is 24.1. The van der Waals surface area contributed by atoms with Crippen LogP contribution in [0.15, 0.2) is 29.7 Å². The number of oxime groups is 1. The number of amides is 2. The second-order valence-electron chi connectivity index (χ2n) is 4.63. The molecular weight excluding hydrogens is 348 g/mol. The second-order valence-corrected chi connectivity index (χ2v) is 5.03. The quantitative estimate of drug-likeness (QED) is 0.534. The number of nitrogens with zero attached hydrogens (tertiary/aromatic N) is 3. The molecule has 132 valence electrons. The molecule has 0 fully saturated rings. The number of urea groups is 1. The Hall–Kier alpha value is -3.07. The third kappa shape index (κ3) is 4.95. The van der Waals surface area contributed by atoms with Gasteiger partial charge in [0.05, 0.1) is 11.2 Å². The maximum absolute atomic E-state index is 11.5. The summed E-state index contributed by atoms with van der Waals surface area (Å²) in [7, 11) is 1.40. The minimum Gasteiger partial charge on any atom is -0.437 e. The van der Waals surface area contributed by atoms with Crippen LogP contribution >= 0.6 is 11.6 Å². The molecule has 2 aromatic rings. The number of anilines is 2. The Balaban J connectivity index is 2.22. The number of hydrogen-bond acceptors (Lipinski definition) is 7. The summed E-state index contributed by atoms with van der Waals surface area (Å²) >= 11 is 6.21. The lowest BCUT2D eigenvalue weighted by molar-refractivity contribution is 0.215. The number of nitrogen functional groups attached to an aromatic ring is 1. The number of ether oxygens (including phenoxy) is 1. The molecule has 1 aromatic carbocycles. The van der Waals surface area contributed by atoms with Gasteiger partial charge in [0.2, 0.25) is 5.88 Å². The molecule has 1 heterocycles. The van der Waals surface area contributed by atoms with Gasteiger partial charge in [-0.1, -0.05) is 16.8 Å². The Bertz CT molecular complexity index is 784. The van der Waals surface area contributed by atoms with Gasteiger partial charge in [0, 0.05) is 12.2 Å². The molecule has 1 aromatic heterocycles. The first-order valence-corrected chi connectivity index (χ1v) is 7.62. The summed E-state index contributed by atoms with van der Waals surface area (Å²) in [5, 5.41) is 9.19. The first-order valence-electron chi connectivity index (χ1n) is 7.24. The first-order chi connectivity index (χ1) is 12.0. The van der Waals surface area contributed by atoms with Gasteiger partial charge in [0.15, 0.2) is 0 Å². The zero-order valence-corrected chi connectivity index (χ0v) is 14.4. The van der Waals surface area contributed by atoms with E-state index in [9.17, 15) is 4.79 Å². The number of aromatic nitrogens is 2. The summed E-state index contributed by atoms with van der Waals surface area (Å²) in [5.74, 6) is 0.671. The van der Waals surface area contributed by atoms with Crippen LogP contribution in [-0.2, 0) is 4.84 Å². The lowest BCUT2D eigenvalue weighted by Gasteiger charge is -2.11. The van der Waals surface area contributed by atoms with Gasteiger partial charge in [-0.2, -0.15) is 0 Å². The molecule has 25 heavy (non-hydrogen) atoms. The van der Waals surface area contributed by atoms with Crippen LogP contribution in [0.2, 0.25) is 5.02 Å². The number of hydrogen-bond donors (Lipinski definition) is 3. The van der Waals surface area contributed by atoms with Crippen LogP contribution in [0, 0.1) is 0 Å². The number of halogens is 1. The molecule has 2 amide bonds. The van der Waals surface area contributed by atoms with Gasteiger partial charge >= 0.3 is 6.03 Å². The zero-order chi connectivity index (χ0) is 18.2. The molecule has 0 unspecified atom stereocenters. The maximum Gasteiger partial charge on any atom is 0.319 e. The van der Waals surface area contributed by atoms with Crippen LogP contribution in [0.4, 0.5) is 16.3 Å². The lowest BCUT2D eigenvalue weighted by atomic mass is 10.3. The highest BCUT2D eigenvalue weighted by molar-refractivity contribution is 6.32. The summed E-state index contributed by atoms with van der Waals surface area (Å²) in [6.07, 6.45) is 2.59. The molecule has 10 heteroatoms. The molecule has 0 spiro atoms. The van der Waals surface area contributed by atoms with E-state index in [0.717, 1.165) is 0 Å². The van der Waals surface area contributed by atoms with Crippen LogP contribution < -0.4 is 21.1 Å². The van der Waals surface area contributed by atoms with Crippen molar-refractivity contribution in [1.82, 2.24) is 15.3 Å². The van der Waals surface area contributed by atoms with Crippen molar-refractivity contribution in [3.63, 3.8) is 0 Å². The average molecular weight is 365 g/mol. The van der Waals surface area contributed by atoms with E-state index >= 15 is 0 Å². The van der Waals surface area contributed by atoms with Crippen molar-refractivity contribution in [2.45, 2.75) is 6.92 Å². The summed E-state index contributed by atoms with van der Waals surface area (Å²) in [5.41, 5.74) is 6.67. The molecule has 0 atom stereocenters. The van der Waals surface area contributed by atoms with E-state index in [1.54, 1.807) is 18.2 Å². The van der Waals surface area contributed by atoms with E-state index in [1.807, 2.05) is 6.92 Å². The van der Waals surface area contributed by atoms with Gasteiger partial charge in [-0.05, 0) is 25.1 Å². The SMILES string of the molecule is CCNC(=O)Nc1ccc(Oc2ncnc(N)c2C=NOC)c(Cl)c1. The fraction of sp³-hybridized carbons (Fsp3) is 0.200. The number of carbonyl (C=O) groups excluding carboxylic acids is 1. The molecule has 9 nitrogen and oxygen atoms in total. The molecule has 0 saturated heterocycles. The van der Waals surface area contributed by atoms with Crippen LogP contribution in [0.25, 0.3) is 0 Å². The van der Waals surface area contributed by atoms with Gasteiger partial charge in [-0.3, -0.25) is 0 Å². The van der Waals surface area contributed by atoms with Crippen molar-refractivity contribution in [2.75, 3.05) is 24.7 Å². The molecule has 0 saturated carbocycles. The lowest BCUT2D eigenvalue weighted by Crippen LogP contribution is -2.28. The van der Waals surface area contributed by atoms with Crippen LogP contribution in [0.3, 0.4) is 0 Å². The Morgan fingerprint density at radius 2 is 2.24 bits per heavy atom. The van der Waals surface area contributed by atoms with Gasteiger partial charge < -0.3 is 25.9 Å². The zero-order valence-electron chi connectivity index (χ0n) is 13.6. The normalized spacial score (nSPS) is 10.5. The van der Waals surface area contributed by atoms with E-state index in [0.29, 0.717) is 23.5 Å². The number of rotatable bonds is 6. The predicted molar refractivity (Wildman–Crippen MR) is 95.3 cm³/mol. The van der Waals surface area contributed by atoms with E-state index < -0.39 is 0 Å². The largest absolute Gasteiger partial charge is 0.437 e. The number of nitrogens with one attached hydrogen (secondary N) is 2. The molecule has 0 aliphatic carbocycles. The molecular formula is C15H17ClN6O3. The third-order valence-corrected chi connectivity index (χ3v) is 3.19. The van der Waals surface area contributed by atoms with E-state index in [1.165, 1.54) is 19.7 Å². The Labute approximate surface area is 149 Å². The molecule has 4 N–H and O–H groups in total. The Kier molecular flexibility index (Phi) is 6.35. The fourth-order valence-electron chi connectivity index (χ4n) is 1.80. The minimum atomic E-state index is -0.325. The van der Waals surface area contributed by atoms with E-state index in [-0.39, 0.29) is 22.8 Å². The topological polar surface area (TPSA) is 124 Å². The van der Waals surface area contributed by atoms with E-state index in [4.69, 9.17) is 22.1 Å². The highest BCUT2D eigenvalue weighted by Gasteiger charge is 2.13. The van der Waals surface area contributed by atoms with Crippen molar-refractivity contribution in [3.05, 3.63) is 35.1 Å². The molecule has 0 aliphatic rings. The molecule has 0 aliphatic heterocycles. The number of carbonyl (C=O) groups is 1. The Morgan fingerprint density at radius 3 is 2.92 bits per heavy atom. The van der Waals surface area contributed by atoms with Gasteiger partial charge in [-0.25, -0.2) is 14.8 Å². The summed E-state index contributed by atoms with van der Waals surface area (Å²) in [6, 6.07) is 4.47. The van der Waals surface area contributed by atoms with Crippen molar-refractivity contribution >= 4 is 35.4 Å². The maximum atomic E-state index is 11.5. The van der Waals surface area contributed by atoms with Crippen molar-refractivity contribution in [3.8, 4) is 11.6 Å². The Morgan fingerprint density at radius 1 is 1.44 bits per heavy atom. The van der Waals surface area contributed by atoms with Crippen molar-refractivity contribution in [1.29, 1.82) is 0 Å². The molecule has 2 rings (SSSR count). The van der Waals surface area contributed by atoms with Gasteiger partial charge in [0.25, 0.3) is 0 Å². The fourth-order valence-corrected chi connectivity index (χ4v) is 2.02. The van der Waals surface area contributed by atoms with Crippen LogP contribution in [-0.4, -0.2) is 35.9 Å². The first kappa shape index (κ1) is 18.3. The van der Waals surface area contributed by atoms with Crippen LogP contribution in [0.1, 0.15) is 12.5 Å². The third-order valence-electron chi connectivity index (χ3n) is 2.90. The highest BCUT2D eigenvalue weighted by Crippen LogP contribution is 2.32. The van der Waals surface area contributed by atoms with Crippen molar-refractivity contribution < 1.29 is 14.4 Å². The second kappa shape index (κ2) is 8.69. The smallest absolute Gasteiger partial charge is 0.319 e. The predicted octanol–water partition coefficient (Wildman–Crippen LogP) is 2.63. The standard InChI is InChI=1S/C15H17ClN6O3/c1-3-18-15(23)22-9-4-5-12(11(16)6-9)25-14-10(7-21-24-2)13(17)19-8-20-14/h4-8H,3H2,1-2H3,(H2,17,19,20)(H2,18,22,23). The van der Waals surface area contributed by atoms with Gasteiger partial charge in [0.1, 0.15) is 30.6 Å². The molecule has 0 bridgehead atoms. The van der Waals surface area contributed by atoms with E-state index in [2.05, 4.69) is 30.6 Å². The summed E-state index contributed by atoms with van der Waals surface area (Å²) in [6.45, 7) is 2.34. The van der Waals surface area contributed by atoms with Crippen LogP contribution in [0.5, 0.6) is 11.6 Å². The summed E-state index contributed by atoms with van der Waals surface area (Å²) < 4.78 is 5.69. The molecule has 0 radical (unpaired) electrons. The number of benzene rings is 1. The van der Waals surface area contributed by atoms with Gasteiger partial charge in [-0.15, -0.1) is 0 Å². The minimum absolute atomic E-state index is 0.166. The average Bonchev–Trinajstić information content (AvgIpc) is 2.57. The van der Waals surface area contributed by atoms with Crippen molar-refractivity contribution in [2.24, 2.45) is 5.16 Å². The highest BCUT2D eigenvalue weighted by atomic mass is 35.5. The monoisotopic (exact) mass is 364 g/mol.